The molecular formula is C24H26N4O4. The minimum atomic E-state index is -0.817. The summed E-state index contributed by atoms with van der Waals surface area (Å²) < 4.78 is 1.83. The molecule has 1 aromatic heterocycles. The third-order valence-electron chi connectivity index (χ3n) is 6.79. The van der Waals surface area contributed by atoms with Crippen LogP contribution in [0, 0.1) is 5.92 Å². The standard InChI is InChI=1S/C24H26N4O4/c29-21-8-4-7-20-18-11-17(14-28(20)21)13-26(15-18)22(30)12-19-23(31)27(24(32)25-19)10-9-16-5-2-1-3-6-16/h1-8,17-19H,9-15H2,(H,25,32). The Kier molecular flexibility index (Phi) is 5.28. The second-order valence-electron chi connectivity index (χ2n) is 8.93. The van der Waals surface area contributed by atoms with E-state index in [-0.39, 0.29) is 35.6 Å². The number of hydrogen-bond donors (Lipinski definition) is 1. The Labute approximate surface area is 185 Å². The molecule has 4 heterocycles. The maximum absolute atomic E-state index is 13.0. The van der Waals surface area contributed by atoms with E-state index < -0.39 is 12.1 Å². The highest BCUT2D eigenvalue weighted by atomic mass is 16.2. The van der Waals surface area contributed by atoms with Crippen LogP contribution in [0.15, 0.2) is 53.3 Å². The van der Waals surface area contributed by atoms with Gasteiger partial charge in [-0.15, -0.1) is 0 Å². The molecule has 1 N–H and O–H groups in total. The number of amides is 4. The molecule has 2 aromatic rings. The third-order valence-corrected chi connectivity index (χ3v) is 6.79. The van der Waals surface area contributed by atoms with Gasteiger partial charge in [-0.2, -0.15) is 0 Å². The summed E-state index contributed by atoms with van der Waals surface area (Å²) in [6.07, 6.45) is 1.50. The highest BCUT2D eigenvalue weighted by Gasteiger charge is 2.41. The van der Waals surface area contributed by atoms with Gasteiger partial charge in [0.15, 0.2) is 0 Å². The number of fused-ring (bicyclic) bond motifs is 4. The fraction of sp³-hybridized carbons (Fsp3) is 0.417. The summed E-state index contributed by atoms with van der Waals surface area (Å²) in [5.74, 6) is -0.124. The lowest BCUT2D eigenvalue weighted by atomic mass is 9.83. The maximum Gasteiger partial charge on any atom is 0.324 e. The molecule has 3 unspecified atom stereocenters. The van der Waals surface area contributed by atoms with Crippen LogP contribution < -0.4 is 10.9 Å². The monoisotopic (exact) mass is 434 g/mol. The number of hydrogen-bond acceptors (Lipinski definition) is 4. The molecule has 0 aliphatic carbocycles. The molecule has 0 spiro atoms. The summed E-state index contributed by atoms with van der Waals surface area (Å²) in [5, 5.41) is 2.68. The van der Waals surface area contributed by atoms with Crippen molar-refractivity contribution in [1.29, 1.82) is 0 Å². The molecule has 3 atom stereocenters. The Morgan fingerprint density at radius 1 is 0.969 bits per heavy atom. The zero-order valence-corrected chi connectivity index (χ0v) is 17.8. The molecule has 2 fully saturated rings. The van der Waals surface area contributed by atoms with Crippen LogP contribution in [-0.2, 0) is 22.6 Å². The lowest BCUT2D eigenvalue weighted by molar-refractivity contribution is -0.137. The number of aromatic nitrogens is 1. The van der Waals surface area contributed by atoms with E-state index in [1.165, 1.54) is 4.90 Å². The third kappa shape index (κ3) is 3.81. The Hall–Kier alpha value is -3.42. The van der Waals surface area contributed by atoms with E-state index in [2.05, 4.69) is 5.32 Å². The van der Waals surface area contributed by atoms with Crippen molar-refractivity contribution in [2.75, 3.05) is 19.6 Å². The molecule has 166 valence electrons. The normalized spacial score (nSPS) is 24.3. The van der Waals surface area contributed by atoms with E-state index in [4.69, 9.17) is 0 Å². The number of nitrogens with one attached hydrogen (secondary N) is 1. The van der Waals surface area contributed by atoms with Crippen LogP contribution >= 0.6 is 0 Å². The van der Waals surface area contributed by atoms with Gasteiger partial charge in [-0.3, -0.25) is 19.3 Å². The zero-order chi connectivity index (χ0) is 22.2. The smallest absolute Gasteiger partial charge is 0.324 e. The van der Waals surface area contributed by atoms with Gasteiger partial charge in [-0.05, 0) is 30.4 Å². The van der Waals surface area contributed by atoms with Gasteiger partial charge in [0.1, 0.15) is 6.04 Å². The fourth-order valence-corrected chi connectivity index (χ4v) is 5.22. The first-order valence-corrected chi connectivity index (χ1v) is 11.1. The second-order valence-corrected chi connectivity index (χ2v) is 8.93. The summed E-state index contributed by atoms with van der Waals surface area (Å²) in [6, 6.07) is 13.7. The Bertz CT molecular complexity index is 1110. The Morgan fingerprint density at radius 2 is 1.78 bits per heavy atom. The van der Waals surface area contributed by atoms with E-state index in [1.807, 2.05) is 41.0 Å². The van der Waals surface area contributed by atoms with Crippen LogP contribution in [0.2, 0.25) is 0 Å². The van der Waals surface area contributed by atoms with Crippen LogP contribution in [0.4, 0.5) is 4.79 Å². The van der Waals surface area contributed by atoms with E-state index in [0.717, 1.165) is 17.7 Å². The number of piperidine rings is 1. The molecule has 3 aliphatic rings. The van der Waals surface area contributed by atoms with Gasteiger partial charge < -0.3 is 14.8 Å². The molecule has 4 amide bonds. The lowest BCUT2D eigenvalue weighted by Crippen LogP contribution is -2.50. The number of carbonyl (C=O) groups excluding carboxylic acids is 3. The van der Waals surface area contributed by atoms with Crippen LogP contribution in [0.5, 0.6) is 0 Å². The van der Waals surface area contributed by atoms with Gasteiger partial charge in [-0.1, -0.05) is 36.4 Å². The molecule has 3 aliphatic heterocycles. The minimum Gasteiger partial charge on any atom is -0.342 e. The molecule has 8 heteroatoms. The van der Waals surface area contributed by atoms with Gasteiger partial charge in [0.2, 0.25) is 5.91 Å². The molecule has 0 radical (unpaired) electrons. The van der Waals surface area contributed by atoms with Crippen molar-refractivity contribution in [2.24, 2.45) is 5.92 Å². The topological polar surface area (TPSA) is 91.7 Å². The number of carbonyl (C=O) groups is 3. The number of imide groups is 1. The predicted octanol–water partition coefficient (Wildman–Crippen LogP) is 1.35. The SMILES string of the molecule is O=C(CC1NC(=O)N(CCc2ccccc2)C1=O)N1CC2CC(C1)c1cccc(=O)n1C2. The number of rotatable bonds is 5. The highest BCUT2D eigenvalue weighted by Crippen LogP contribution is 2.35. The number of pyridine rings is 1. The van der Waals surface area contributed by atoms with Gasteiger partial charge in [0.05, 0.1) is 6.42 Å². The van der Waals surface area contributed by atoms with Gasteiger partial charge in [-0.25, -0.2) is 4.79 Å². The molecule has 1 aromatic carbocycles. The van der Waals surface area contributed by atoms with Crippen LogP contribution in [-0.4, -0.2) is 57.9 Å². The molecule has 8 nitrogen and oxygen atoms in total. The fourth-order valence-electron chi connectivity index (χ4n) is 5.22. The predicted molar refractivity (Wildman–Crippen MR) is 117 cm³/mol. The first-order valence-electron chi connectivity index (χ1n) is 11.1. The molecule has 32 heavy (non-hydrogen) atoms. The summed E-state index contributed by atoms with van der Waals surface area (Å²) in [4.78, 5) is 53.4. The molecular weight excluding hydrogens is 408 g/mol. The van der Waals surface area contributed by atoms with Crippen molar-refractivity contribution in [3.63, 3.8) is 0 Å². The van der Waals surface area contributed by atoms with Crippen molar-refractivity contribution in [3.05, 3.63) is 70.1 Å². The van der Waals surface area contributed by atoms with Crippen molar-refractivity contribution in [1.82, 2.24) is 19.7 Å². The average molecular weight is 434 g/mol. The Balaban J connectivity index is 1.21. The number of urea groups is 1. The van der Waals surface area contributed by atoms with E-state index in [1.54, 1.807) is 17.0 Å². The van der Waals surface area contributed by atoms with Gasteiger partial charge >= 0.3 is 6.03 Å². The van der Waals surface area contributed by atoms with Crippen molar-refractivity contribution >= 4 is 17.8 Å². The van der Waals surface area contributed by atoms with E-state index in [9.17, 15) is 19.2 Å². The van der Waals surface area contributed by atoms with Crippen molar-refractivity contribution in [3.8, 4) is 0 Å². The first kappa shape index (κ1) is 20.5. The quantitative estimate of drug-likeness (QED) is 0.719. The Morgan fingerprint density at radius 3 is 2.59 bits per heavy atom. The van der Waals surface area contributed by atoms with Crippen LogP contribution in [0.25, 0.3) is 0 Å². The number of nitrogens with zero attached hydrogens (tertiary/aromatic N) is 3. The number of benzene rings is 1. The molecule has 0 saturated carbocycles. The largest absolute Gasteiger partial charge is 0.342 e. The average Bonchev–Trinajstić information content (AvgIpc) is 3.06. The van der Waals surface area contributed by atoms with Crippen molar-refractivity contribution in [2.45, 2.75) is 37.8 Å². The molecule has 5 rings (SSSR count). The van der Waals surface area contributed by atoms with E-state index in [0.29, 0.717) is 32.6 Å². The van der Waals surface area contributed by atoms with Crippen LogP contribution in [0.3, 0.4) is 0 Å². The maximum atomic E-state index is 13.0. The van der Waals surface area contributed by atoms with Gasteiger partial charge in [0.25, 0.3) is 11.5 Å². The second kappa shape index (κ2) is 8.26. The summed E-state index contributed by atoms with van der Waals surface area (Å²) in [7, 11) is 0. The van der Waals surface area contributed by atoms with Crippen LogP contribution in [0.1, 0.15) is 30.0 Å². The molecule has 2 bridgehead atoms. The number of likely N-dealkylation sites (tertiary alicyclic amines) is 1. The minimum absolute atomic E-state index is 0.00633. The highest BCUT2D eigenvalue weighted by molar-refractivity contribution is 6.05. The van der Waals surface area contributed by atoms with Crippen molar-refractivity contribution < 1.29 is 14.4 Å². The van der Waals surface area contributed by atoms with Gasteiger partial charge in [0, 0.05) is 43.9 Å². The molecule has 2 saturated heterocycles. The summed E-state index contributed by atoms with van der Waals surface area (Å²) in [5.41, 5.74) is 2.03. The first-order chi connectivity index (χ1) is 15.5. The van der Waals surface area contributed by atoms with E-state index >= 15 is 0 Å². The zero-order valence-electron chi connectivity index (χ0n) is 17.8. The summed E-state index contributed by atoms with van der Waals surface area (Å²) >= 11 is 0. The lowest BCUT2D eigenvalue weighted by Gasteiger charge is -2.43. The summed E-state index contributed by atoms with van der Waals surface area (Å²) in [6.45, 7) is 2.01.